The number of benzene rings is 1. The SMILES string of the molecule is CCc1ccc(/C=C/c2ccc(OC)c(OC)c2)[n+](C)c1. The molecule has 0 N–H and O–H groups in total. The van der Waals surface area contributed by atoms with Crippen LogP contribution in [0.15, 0.2) is 36.5 Å². The van der Waals surface area contributed by atoms with Crippen molar-refractivity contribution < 1.29 is 14.0 Å². The molecule has 2 aromatic rings. The van der Waals surface area contributed by atoms with Gasteiger partial charge in [-0.2, -0.15) is 0 Å². The van der Waals surface area contributed by atoms with Crippen molar-refractivity contribution in [3.05, 3.63) is 53.3 Å². The molecule has 0 unspecified atom stereocenters. The van der Waals surface area contributed by atoms with Crippen molar-refractivity contribution in [1.29, 1.82) is 0 Å². The van der Waals surface area contributed by atoms with Crippen molar-refractivity contribution in [3.63, 3.8) is 0 Å². The Hall–Kier alpha value is -2.29. The quantitative estimate of drug-likeness (QED) is 0.786. The van der Waals surface area contributed by atoms with Crippen LogP contribution < -0.4 is 14.0 Å². The summed E-state index contributed by atoms with van der Waals surface area (Å²) in [5.74, 6) is 1.48. The molecule has 1 aromatic carbocycles. The molecule has 0 saturated carbocycles. The van der Waals surface area contributed by atoms with Gasteiger partial charge in [0.15, 0.2) is 17.7 Å². The van der Waals surface area contributed by atoms with Gasteiger partial charge in [-0.1, -0.05) is 13.0 Å². The third-order valence-electron chi connectivity index (χ3n) is 3.50. The number of aromatic nitrogens is 1. The average Bonchev–Trinajstić information content (AvgIpc) is 2.53. The van der Waals surface area contributed by atoms with Crippen molar-refractivity contribution in [2.45, 2.75) is 13.3 Å². The second kappa shape index (κ2) is 6.93. The molecule has 3 nitrogen and oxygen atoms in total. The number of methoxy groups -OCH3 is 2. The molecule has 21 heavy (non-hydrogen) atoms. The van der Waals surface area contributed by atoms with Gasteiger partial charge in [0.1, 0.15) is 7.05 Å². The van der Waals surface area contributed by atoms with E-state index in [1.165, 1.54) is 5.56 Å². The molecule has 0 saturated heterocycles. The number of rotatable bonds is 5. The topological polar surface area (TPSA) is 22.3 Å². The van der Waals surface area contributed by atoms with Crippen LogP contribution in [-0.2, 0) is 13.5 Å². The van der Waals surface area contributed by atoms with Crippen molar-refractivity contribution in [1.82, 2.24) is 0 Å². The van der Waals surface area contributed by atoms with Crippen LogP contribution in [0, 0.1) is 0 Å². The fraction of sp³-hybridized carbons (Fsp3) is 0.278. The molecule has 2 rings (SSSR count). The Labute approximate surface area is 126 Å². The molecule has 0 atom stereocenters. The van der Waals surface area contributed by atoms with E-state index < -0.39 is 0 Å². The molecule has 0 radical (unpaired) electrons. The molecule has 0 bridgehead atoms. The average molecular weight is 284 g/mol. The van der Waals surface area contributed by atoms with Gasteiger partial charge in [-0.15, -0.1) is 0 Å². The lowest BCUT2D eigenvalue weighted by Crippen LogP contribution is -2.31. The highest BCUT2D eigenvalue weighted by atomic mass is 16.5. The predicted molar refractivity (Wildman–Crippen MR) is 85.5 cm³/mol. The van der Waals surface area contributed by atoms with Crippen molar-refractivity contribution >= 4 is 12.2 Å². The van der Waals surface area contributed by atoms with Crippen LogP contribution >= 0.6 is 0 Å². The number of aryl methyl sites for hydroxylation is 2. The second-order valence-electron chi connectivity index (χ2n) is 4.87. The minimum Gasteiger partial charge on any atom is -0.493 e. The number of nitrogens with zero attached hydrogens (tertiary/aromatic N) is 1. The maximum Gasteiger partial charge on any atom is 0.204 e. The maximum absolute atomic E-state index is 5.32. The normalized spacial score (nSPS) is 10.9. The zero-order chi connectivity index (χ0) is 15.2. The minimum atomic E-state index is 0.741. The van der Waals surface area contributed by atoms with E-state index in [1.54, 1.807) is 14.2 Å². The monoisotopic (exact) mass is 284 g/mol. The Balaban J connectivity index is 2.25. The molecule has 0 aliphatic carbocycles. The highest BCUT2D eigenvalue weighted by Crippen LogP contribution is 2.28. The van der Waals surface area contributed by atoms with Gasteiger partial charge in [0.2, 0.25) is 5.69 Å². The zero-order valence-electron chi connectivity index (χ0n) is 13.1. The fourth-order valence-corrected chi connectivity index (χ4v) is 2.20. The first-order valence-corrected chi connectivity index (χ1v) is 7.06. The Bertz CT molecular complexity index is 648. The fourth-order valence-electron chi connectivity index (χ4n) is 2.20. The van der Waals surface area contributed by atoms with Crippen molar-refractivity contribution in [2.75, 3.05) is 14.2 Å². The molecular weight excluding hydrogens is 262 g/mol. The summed E-state index contributed by atoms with van der Waals surface area (Å²) in [6.45, 7) is 2.16. The van der Waals surface area contributed by atoms with Crippen molar-refractivity contribution in [3.8, 4) is 11.5 Å². The summed E-state index contributed by atoms with van der Waals surface area (Å²) < 4.78 is 12.7. The lowest BCUT2D eigenvalue weighted by molar-refractivity contribution is -0.673. The lowest BCUT2D eigenvalue weighted by atomic mass is 10.1. The van der Waals surface area contributed by atoms with E-state index in [9.17, 15) is 0 Å². The van der Waals surface area contributed by atoms with E-state index in [1.807, 2.05) is 18.2 Å². The third-order valence-corrected chi connectivity index (χ3v) is 3.50. The summed E-state index contributed by atoms with van der Waals surface area (Å²) in [6, 6.07) is 10.2. The smallest absolute Gasteiger partial charge is 0.204 e. The zero-order valence-corrected chi connectivity index (χ0v) is 13.1. The van der Waals surface area contributed by atoms with Gasteiger partial charge in [0, 0.05) is 17.7 Å². The summed E-state index contributed by atoms with van der Waals surface area (Å²) in [5, 5.41) is 0. The van der Waals surface area contributed by atoms with Gasteiger partial charge >= 0.3 is 0 Å². The molecule has 3 heteroatoms. The standard InChI is InChI=1S/C18H22NO2/c1-5-14-6-9-16(19(2)13-14)10-7-15-8-11-17(20-3)18(12-15)21-4/h6-13H,5H2,1-4H3/q+1/b10-7+. The maximum atomic E-state index is 5.32. The summed E-state index contributed by atoms with van der Waals surface area (Å²) >= 11 is 0. The van der Waals surface area contributed by atoms with Crippen LogP contribution in [0.5, 0.6) is 11.5 Å². The Kier molecular flexibility index (Phi) is 4.99. The Morgan fingerprint density at radius 2 is 1.76 bits per heavy atom. The van der Waals surface area contributed by atoms with E-state index in [4.69, 9.17) is 9.47 Å². The molecule has 0 fully saturated rings. The summed E-state index contributed by atoms with van der Waals surface area (Å²) in [4.78, 5) is 0. The summed E-state index contributed by atoms with van der Waals surface area (Å²) in [5.41, 5.74) is 3.56. The Morgan fingerprint density at radius 1 is 1.00 bits per heavy atom. The number of hydrogen-bond donors (Lipinski definition) is 0. The molecule has 0 aliphatic heterocycles. The first kappa shape index (κ1) is 15.1. The van der Waals surface area contributed by atoms with Gasteiger partial charge < -0.3 is 9.47 Å². The van der Waals surface area contributed by atoms with Crippen LogP contribution in [0.3, 0.4) is 0 Å². The minimum absolute atomic E-state index is 0.741. The van der Waals surface area contributed by atoms with Crippen LogP contribution in [-0.4, -0.2) is 14.2 Å². The number of ether oxygens (including phenoxy) is 2. The molecule has 0 aliphatic rings. The summed E-state index contributed by atoms with van der Waals surface area (Å²) in [6.07, 6.45) is 7.38. The second-order valence-corrected chi connectivity index (χ2v) is 4.87. The van der Waals surface area contributed by atoms with Gasteiger partial charge in [0.25, 0.3) is 0 Å². The van der Waals surface area contributed by atoms with Gasteiger partial charge in [-0.05, 0) is 36.3 Å². The van der Waals surface area contributed by atoms with Crippen LogP contribution in [0.1, 0.15) is 23.7 Å². The summed E-state index contributed by atoms with van der Waals surface area (Å²) in [7, 11) is 5.35. The predicted octanol–water partition coefficient (Wildman–Crippen LogP) is 3.26. The van der Waals surface area contributed by atoms with Gasteiger partial charge in [0.05, 0.1) is 14.2 Å². The van der Waals surface area contributed by atoms with E-state index in [2.05, 4.69) is 49.0 Å². The Morgan fingerprint density at radius 3 is 2.38 bits per heavy atom. The first-order valence-electron chi connectivity index (χ1n) is 7.06. The lowest BCUT2D eigenvalue weighted by Gasteiger charge is -2.07. The molecule has 0 spiro atoms. The molecular formula is C18H22NO2+. The van der Waals surface area contributed by atoms with Crippen LogP contribution in [0.25, 0.3) is 12.2 Å². The van der Waals surface area contributed by atoms with E-state index in [-0.39, 0.29) is 0 Å². The highest BCUT2D eigenvalue weighted by Gasteiger charge is 2.05. The molecule has 110 valence electrons. The molecule has 0 amide bonds. The van der Waals surface area contributed by atoms with Crippen LogP contribution in [0.2, 0.25) is 0 Å². The molecule has 1 heterocycles. The largest absolute Gasteiger partial charge is 0.493 e. The van der Waals surface area contributed by atoms with E-state index in [0.717, 1.165) is 29.2 Å². The van der Waals surface area contributed by atoms with Crippen LogP contribution in [0.4, 0.5) is 0 Å². The van der Waals surface area contributed by atoms with Crippen molar-refractivity contribution in [2.24, 2.45) is 7.05 Å². The van der Waals surface area contributed by atoms with E-state index in [0.29, 0.717) is 0 Å². The highest BCUT2D eigenvalue weighted by molar-refractivity contribution is 5.68. The first-order chi connectivity index (χ1) is 10.2. The van der Waals surface area contributed by atoms with Gasteiger partial charge in [-0.25, -0.2) is 4.57 Å². The molecule has 1 aromatic heterocycles. The number of hydrogen-bond acceptors (Lipinski definition) is 2. The number of pyridine rings is 1. The van der Waals surface area contributed by atoms with Gasteiger partial charge in [-0.3, -0.25) is 0 Å². The van der Waals surface area contributed by atoms with E-state index >= 15 is 0 Å². The third kappa shape index (κ3) is 3.63.